The summed E-state index contributed by atoms with van der Waals surface area (Å²) in [6.07, 6.45) is 7.28. The maximum Gasteiger partial charge on any atom is 0.224 e. The van der Waals surface area contributed by atoms with Gasteiger partial charge >= 0.3 is 0 Å². The van der Waals surface area contributed by atoms with Crippen LogP contribution in [0.4, 0.5) is 0 Å². The van der Waals surface area contributed by atoms with Gasteiger partial charge in [0.05, 0.1) is 6.26 Å². The normalized spacial score (nSPS) is 20.6. The summed E-state index contributed by atoms with van der Waals surface area (Å²) in [7, 11) is 0. The fraction of sp³-hybridized carbons (Fsp3) is 0.250. The summed E-state index contributed by atoms with van der Waals surface area (Å²) in [6.45, 7) is 3.73. The molecule has 0 radical (unpaired) electrons. The van der Waals surface area contributed by atoms with E-state index in [4.69, 9.17) is 4.42 Å². The van der Waals surface area contributed by atoms with E-state index in [2.05, 4.69) is 6.58 Å². The molecule has 1 heterocycles. The molecule has 1 aromatic heterocycles. The molecule has 2 nitrogen and oxygen atoms in total. The number of furan rings is 1. The molecule has 0 bridgehead atoms. The van der Waals surface area contributed by atoms with E-state index in [-0.39, 0.29) is 11.7 Å². The Hall–Kier alpha value is -1.57. The molecule has 14 heavy (non-hydrogen) atoms. The van der Waals surface area contributed by atoms with Crippen molar-refractivity contribution in [1.29, 1.82) is 0 Å². The van der Waals surface area contributed by atoms with E-state index in [0.717, 1.165) is 18.4 Å². The van der Waals surface area contributed by atoms with Gasteiger partial charge < -0.3 is 4.42 Å². The van der Waals surface area contributed by atoms with Gasteiger partial charge in [-0.05, 0) is 25.0 Å². The van der Waals surface area contributed by atoms with Crippen LogP contribution in [0.2, 0.25) is 0 Å². The number of hydrogen-bond donors (Lipinski definition) is 0. The van der Waals surface area contributed by atoms with Crippen molar-refractivity contribution in [3.63, 3.8) is 0 Å². The topological polar surface area (TPSA) is 30.2 Å². The summed E-state index contributed by atoms with van der Waals surface area (Å²) in [6, 6.07) is 3.42. The smallest absolute Gasteiger partial charge is 0.224 e. The summed E-state index contributed by atoms with van der Waals surface area (Å²) in [5.41, 5.74) is 0.829. The Morgan fingerprint density at radius 1 is 1.64 bits per heavy atom. The average molecular weight is 188 g/mol. The summed E-state index contributed by atoms with van der Waals surface area (Å²) >= 11 is 0. The van der Waals surface area contributed by atoms with Crippen LogP contribution in [0.1, 0.15) is 23.4 Å². The van der Waals surface area contributed by atoms with Gasteiger partial charge in [0.1, 0.15) is 0 Å². The summed E-state index contributed by atoms with van der Waals surface area (Å²) in [5.74, 6) is 0.620. The van der Waals surface area contributed by atoms with Gasteiger partial charge in [0, 0.05) is 11.5 Å². The van der Waals surface area contributed by atoms with E-state index < -0.39 is 0 Å². The fourth-order valence-electron chi connectivity index (χ4n) is 1.78. The van der Waals surface area contributed by atoms with Crippen LogP contribution in [0.25, 0.3) is 0 Å². The second kappa shape index (κ2) is 3.66. The highest BCUT2D eigenvalue weighted by Gasteiger charge is 2.24. The molecule has 0 saturated carbocycles. The van der Waals surface area contributed by atoms with Crippen molar-refractivity contribution in [1.82, 2.24) is 0 Å². The Balaban J connectivity index is 2.24. The maximum atomic E-state index is 11.9. The number of carbonyl (C=O) groups is 1. The molecule has 72 valence electrons. The molecule has 0 saturated heterocycles. The second-order valence-electron chi connectivity index (χ2n) is 3.39. The van der Waals surface area contributed by atoms with Crippen LogP contribution >= 0.6 is 0 Å². The molecule has 0 amide bonds. The van der Waals surface area contributed by atoms with E-state index in [0.29, 0.717) is 5.76 Å². The van der Waals surface area contributed by atoms with Gasteiger partial charge in [0.2, 0.25) is 5.78 Å². The first-order chi connectivity index (χ1) is 6.83. The first-order valence-electron chi connectivity index (χ1n) is 4.73. The highest BCUT2D eigenvalue weighted by Crippen LogP contribution is 2.29. The highest BCUT2D eigenvalue weighted by atomic mass is 16.3. The van der Waals surface area contributed by atoms with E-state index in [1.165, 1.54) is 6.26 Å². The largest absolute Gasteiger partial charge is 0.461 e. The molecule has 2 heteroatoms. The zero-order valence-electron chi connectivity index (χ0n) is 7.90. The Morgan fingerprint density at radius 2 is 2.50 bits per heavy atom. The average Bonchev–Trinajstić information content (AvgIpc) is 2.87. The van der Waals surface area contributed by atoms with Crippen LogP contribution in [0.3, 0.4) is 0 Å². The number of allylic oxidation sites excluding steroid dienone is 3. The second-order valence-corrected chi connectivity index (χ2v) is 3.39. The van der Waals surface area contributed by atoms with E-state index in [1.54, 1.807) is 12.1 Å². The van der Waals surface area contributed by atoms with Crippen LogP contribution in [0.5, 0.6) is 0 Å². The van der Waals surface area contributed by atoms with Crippen molar-refractivity contribution in [2.45, 2.75) is 12.8 Å². The molecule has 0 spiro atoms. The standard InChI is InChI=1S/C12H12O2/c1-2-9-5-3-6-10(9)12(13)11-7-4-8-14-11/h2,4,6-9H,1,3,5H2. The van der Waals surface area contributed by atoms with Crippen molar-refractivity contribution in [2.24, 2.45) is 5.92 Å². The number of ketones is 1. The zero-order valence-corrected chi connectivity index (χ0v) is 7.90. The predicted molar refractivity (Wildman–Crippen MR) is 54.0 cm³/mol. The molecule has 0 aromatic carbocycles. The molecular weight excluding hydrogens is 176 g/mol. The fourth-order valence-corrected chi connectivity index (χ4v) is 1.78. The van der Waals surface area contributed by atoms with E-state index in [9.17, 15) is 4.79 Å². The molecule has 1 aliphatic rings. The van der Waals surface area contributed by atoms with Crippen LogP contribution < -0.4 is 0 Å². The number of Topliss-reactive ketones (excluding diaryl/α,β-unsaturated/α-hetero) is 1. The van der Waals surface area contributed by atoms with E-state index >= 15 is 0 Å². The molecule has 1 atom stereocenters. The van der Waals surface area contributed by atoms with Crippen molar-refractivity contribution in [2.75, 3.05) is 0 Å². The quantitative estimate of drug-likeness (QED) is 0.539. The Labute approximate surface area is 82.9 Å². The van der Waals surface area contributed by atoms with Crippen molar-refractivity contribution in [3.8, 4) is 0 Å². The number of carbonyl (C=O) groups excluding carboxylic acids is 1. The zero-order chi connectivity index (χ0) is 9.97. The number of rotatable bonds is 3. The third-order valence-electron chi connectivity index (χ3n) is 2.53. The molecule has 0 fully saturated rings. The molecule has 2 rings (SSSR count). The number of hydrogen-bond acceptors (Lipinski definition) is 2. The monoisotopic (exact) mass is 188 g/mol. The highest BCUT2D eigenvalue weighted by molar-refractivity contribution is 6.07. The third-order valence-corrected chi connectivity index (χ3v) is 2.53. The lowest BCUT2D eigenvalue weighted by Crippen LogP contribution is -2.07. The summed E-state index contributed by atoms with van der Waals surface area (Å²) < 4.78 is 5.08. The molecule has 0 aliphatic heterocycles. The van der Waals surface area contributed by atoms with Crippen LogP contribution in [0, 0.1) is 5.92 Å². The Kier molecular flexibility index (Phi) is 2.35. The minimum atomic E-state index is -0.00241. The molecule has 1 unspecified atom stereocenters. The SMILES string of the molecule is C=CC1CCC=C1C(=O)c1ccco1. The molecule has 1 aliphatic carbocycles. The van der Waals surface area contributed by atoms with Crippen molar-refractivity contribution < 1.29 is 9.21 Å². The van der Waals surface area contributed by atoms with Gasteiger partial charge in [-0.3, -0.25) is 4.79 Å². The van der Waals surface area contributed by atoms with Crippen LogP contribution in [0.15, 0.2) is 47.1 Å². The van der Waals surface area contributed by atoms with Gasteiger partial charge in [-0.1, -0.05) is 12.2 Å². The van der Waals surface area contributed by atoms with Crippen molar-refractivity contribution >= 4 is 5.78 Å². The lowest BCUT2D eigenvalue weighted by Gasteiger charge is -2.06. The maximum absolute atomic E-state index is 11.9. The van der Waals surface area contributed by atoms with Crippen LogP contribution in [-0.2, 0) is 0 Å². The van der Waals surface area contributed by atoms with Gasteiger partial charge in [0.25, 0.3) is 0 Å². The lowest BCUT2D eigenvalue weighted by atomic mass is 9.97. The van der Waals surface area contributed by atoms with Gasteiger partial charge in [-0.25, -0.2) is 0 Å². The van der Waals surface area contributed by atoms with Crippen LogP contribution in [-0.4, -0.2) is 5.78 Å². The van der Waals surface area contributed by atoms with Gasteiger partial charge in [-0.2, -0.15) is 0 Å². The van der Waals surface area contributed by atoms with Gasteiger partial charge in [-0.15, -0.1) is 6.58 Å². The lowest BCUT2D eigenvalue weighted by molar-refractivity contribution is 0.0997. The Bertz CT molecular complexity index is 371. The Morgan fingerprint density at radius 3 is 3.14 bits per heavy atom. The minimum Gasteiger partial charge on any atom is -0.461 e. The van der Waals surface area contributed by atoms with E-state index in [1.807, 2.05) is 12.2 Å². The molecular formula is C12H12O2. The predicted octanol–water partition coefficient (Wildman–Crippen LogP) is 2.98. The minimum absolute atomic E-state index is 0.00241. The summed E-state index contributed by atoms with van der Waals surface area (Å²) in [5, 5.41) is 0. The van der Waals surface area contributed by atoms with Crippen molar-refractivity contribution in [3.05, 3.63) is 48.5 Å². The first-order valence-corrected chi connectivity index (χ1v) is 4.73. The molecule has 0 N–H and O–H groups in total. The summed E-state index contributed by atoms with van der Waals surface area (Å²) in [4.78, 5) is 11.9. The third kappa shape index (κ3) is 1.43. The van der Waals surface area contributed by atoms with Gasteiger partial charge in [0.15, 0.2) is 5.76 Å². The molecule has 1 aromatic rings. The first kappa shape index (κ1) is 9.00.